The second-order valence-electron chi connectivity index (χ2n) is 5.65. The number of carbonyl (C=O) groups is 3. The van der Waals surface area contributed by atoms with E-state index in [1.807, 2.05) is 32.0 Å². The first kappa shape index (κ1) is 17.8. The summed E-state index contributed by atoms with van der Waals surface area (Å²) in [6.07, 6.45) is 0.538. The molecule has 2 rings (SSSR count). The maximum Gasteiger partial charge on any atom is 0.324 e. The van der Waals surface area contributed by atoms with Gasteiger partial charge in [0.25, 0.3) is 0 Å². The largest absolute Gasteiger partial charge is 0.490 e. The van der Waals surface area contributed by atoms with Crippen molar-refractivity contribution in [1.29, 1.82) is 0 Å². The number of carbonyl (C=O) groups excluding carboxylic acids is 3. The number of ether oxygens (including phenoxy) is 2. The molecule has 1 N–H and O–H groups in total. The number of benzene rings is 1. The van der Waals surface area contributed by atoms with E-state index in [9.17, 15) is 14.4 Å². The van der Waals surface area contributed by atoms with E-state index in [-0.39, 0.29) is 44.6 Å². The Kier molecular flexibility index (Phi) is 6.17. The van der Waals surface area contributed by atoms with Crippen LogP contribution in [-0.2, 0) is 14.3 Å². The molecule has 0 radical (unpaired) electrons. The Morgan fingerprint density at radius 2 is 2.04 bits per heavy atom. The van der Waals surface area contributed by atoms with Gasteiger partial charge >= 0.3 is 12.0 Å². The summed E-state index contributed by atoms with van der Waals surface area (Å²) in [5.41, 5.74) is 2.13. The van der Waals surface area contributed by atoms with E-state index in [1.54, 1.807) is 0 Å². The molecule has 1 fully saturated rings. The molecule has 1 aliphatic rings. The molecule has 3 amide bonds. The van der Waals surface area contributed by atoms with Crippen LogP contribution in [0, 0.1) is 13.8 Å². The van der Waals surface area contributed by atoms with Crippen molar-refractivity contribution < 1.29 is 23.9 Å². The van der Waals surface area contributed by atoms with Crippen molar-refractivity contribution in [2.45, 2.75) is 26.7 Å². The van der Waals surface area contributed by atoms with Crippen LogP contribution in [-0.4, -0.2) is 49.1 Å². The quantitative estimate of drug-likeness (QED) is 0.443. The van der Waals surface area contributed by atoms with E-state index in [1.165, 1.54) is 0 Å². The SMILES string of the molecule is Cc1ccc(C)c(OCCOC(=O)CCCN2C(=O)CNC2=O)c1. The van der Waals surface area contributed by atoms with E-state index in [0.29, 0.717) is 6.42 Å². The molecule has 1 saturated heterocycles. The smallest absolute Gasteiger partial charge is 0.324 e. The average Bonchev–Trinajstić information content (AvgIpc) is 2.86. The minimum Gasteiger partial charge on any atom is -0.490 e. The van der Waals surface area contributed by atoms with E-state index < -0.39 is 6.03 Å². The molecule has 24 heavy (non-hydrogen) atoms. The Bertz CT molecular complexity index is 613. The van der Waals surface area contributed by atoms with Gasteiger partial charge < -0.3 is 14.8 Å². The highest BCUT2D eigenvalue weighted by molar-refractivity contribution is 6.01. The Labute approximate surface area is 140 Å². The molecule has 7 nitrogen and oxygen atoms in total. The first-order valence-corrected chi connectivity index (χ1v) is 7.91. The minimum atomic E-state index is -0.407. The van der Waals surface area contributed by atoms with Crippen molar-refractivity contribution in [3.8, 4) is 5.75 Å². The van der Waals surface area contributed by atoms with Crippen LogP contribution in [0.25, 0.3) is 0 Å². The van der Waals surface area contributed by atoms with E-state index in [0.717, 1.165) is 21.8 Å². The van der Waals surface area contributed by atoms with Crippen molar-refractivity contribution in [2.24, 2.45) is 0 Å². The van der Waals surface area contributed by atoms with Crippen LogP contribution in [0.3, 0.4) is 0 Å². The molecule has 0 aliphatic carbocycles. The predicted octanol–water partition coefficient (Wildman–Crippen LogP) is 1.56. The number of hydrogen-bond donors (Lipinski definition) is 1. The predicted molar refractivity (Wildman–Crippen MR) is 86.7 cm³/mol. The number of imide groups is 1. The second-order valence-corrected chi connectivity index (χ2v) is 5.65. The van der Waals surface area contributed by atoms with Gasteiger partial charge in [0.05, 0.1) is 6.54 Å². The Morgan fingerprint density at radius 1 is 1.25 bits per heavy atom. The number of rotatable bonds is 8. The molecule has 130 valence electrons. The zero-order valence-corrected chi connectivity index (χ0v) is 14.0. The summed E-state index contributed by atoms with van der Waals surface area (Å²) in [5.74, 6) is 0.145. The number of aryl methyl sites for hydroxylation is 2. The maximum absolute atomic E-state index is 11.6. The average molecular weight is 334 g/mol. The van der Waals surface area contributed by atoms with Crippen LogP contribution in [0.5, 0.6) is 5.75 Å². The van der Waals surface area contributed by atoms with E-state index >= 15 is 0 Å². The number of hydrogen-bond acceptors (Lipinski definition) is 5. The summed E-state index contributed by atoms with van der Waals surface area (Å²) < 4.78 is 10.7. The van der Waals surface area contributed by atoms with Crippen LogP contribution in [0.1, 0.15) is 24.0 Å². The minimum absolute atomic E-state index is 0.0268. The van der Waals surface area contributed by atoms with Crippen LogP contribution in [0.2, 0.25) is 0 Å². The molecule has 0 atom stereocenters. The third-order valence-electron chi connectivity index (χ3n) is 3.65. The maximum atomic E-state index is 11.6. The van der Waals surface area contributed by atoms with E-state index in [4.69, 9.17) is 9.47 Å². The highest BCUT2D eigenvalue weighted by Gasteiger charge is 2.27. The summed E-state index contributed by atoms with van der Waals surface area (Å²) in [6.45, 7) is 4.63. The van der Waals surface area contributed by atoms with Gasteiger partial charge in [-0.25, -0.2) is 4.79 Å². The number of amides is 3. The van der Waals surface area contributed by atoms with Crippen LogP contribution in [0.15, 0.2) is 18.2 Å². The highest BCUT2D eigenvalue weighted by atomic mass is 16.6. The van der Waals surface area contributed by atoms with Gasteiger partial charge in [-0.2, -0.15) is 0 Å². The lowest BCUT2D eigenvalue weighted by atomic mass is 10.1. The normalized spacial score (nSPS) is 13.8. The fraction of sp³-hybridized carbons (Fsp3) is 0.471. The summed E-state index contributed by atoms with van der Waals surface area (Å²) in [7, 11) is 0. The third-order valence-corrected chi connectivity index (χ3v) is 3.65. The molecule has 0 bridgehead atoms. The monoisotopic (exact) mass is 334 g/mol. The number of urea groups is 1. The van der Waals surface area contributed by atoms with Crippen molar-refractivity contribution in [3.63, 3.8) is 0 Å². The van der Waals surface area contributed by atoms with Gasteiger partial charge in [0.15, 0.2) is 0 Å². The molecule has 7 heteroatoms. The lowest BCUT2D eigenvalue weighted by Crippen LogP contribution is -2.32. The Hall–Kier alpha value is -2.57. The van der Waals surface area contributed by atoms with Gasteiger partial charge in [-0.3, -0.25) is 14.5 Å². The first-order chi connectivity index (χ1) is 11.5. The zero-order valence-electron chi connectivity index (χ0n) is 14.0. The zero-order chi connectivity index (χ0) is 17.5. The van der Waals surface area contributed by atoms with Crippen LogP contribution < -0.4 is 10.1 Å². The molecule has 0 spiro atoms. The lowest BCUT2D eigenvalue weighted by Gasteiger charge is -2.12. The van der Waals surface area contributed by atoms with Gasteiger partial charge in [0.1, 0.15) is 19.0 Å². The van der Waals surface area contributed by atoms with Crippen LogP contribution in [0.4, 0.5) is 4.79 Å². The van der Waals surface area contributed by atoms with Gasteiger partial charge in [0.2, 0.25) is 5.91 Å². The molecule has 1 heterocycles. The Morgan fingerprint density at radius 3 is 2.75 bits per heavy atom. The standard InChI is InChI=1S/C17H22N2O5/c1-12-5-6-13(2)14(10-12)23-8-9-24-16(21)4-3-7-19-15(20)11-18-17(19)22/h5-6,10H,3-4,7-9,11H2,1-2H3,(H,18,22). The molecule has 0 saturated carbocycles. The summed E-state index contributed by atoms with van der Waals surface area (Å²) in [5, 5.41) is 2.43. The van der Waals surface area contributed by atoms with Crippen molar-refractivity contribution in [2.75, 3.05) is 26.3 Å². The molecule has 0 aromatic heterocycles. The molecular weight excluding hydrogens is 312 g/mol. The number of nitrogens with zero attached hydrogens (tertiary/aromatic N) is 1. The van der Waals surface area contributed by atoms with Gasteiger partial charge in [-0.1, -0.05) is 12.1 Å². The molecule has 1 aliphatic heterocycles. The molecule has 0 unspecified atom stereocenters. The summed E-state index contributed by atoms with van der Waals surface area (Å²) >= 11 is 0. The van der Waals surface area contributed by atoms with E-state index in [2.05, 4.69) is 5.32 Å². The lowest BCUT2D eigenvalue weighted by molar-refractivity contribution is -0.144. The van der Waals surface area contributed by atoms with Gasteiger partial charge in [0, 0.05) is 13.0 Å². The molecule has 1 aromatic rings. The van der Waals surface area contributed by atoms with Gasteiger partial charge in [-0.15, -0.1) is 0 Å². The molecular formula is C17H22N2O5. The van der Waals surface area contributed by atoms with Crippen molar-refractivity contribution >= 4 is 17.9 Å². The van der Waals surface area contributed by atoms with Crippen molar-refractivity contribution in [3.05, 3.63) is 29.3 Å². The first-order valence-electron chi connectivity index (χ1n) is 7.91. The number of nitrogens with one attached hydrogen (secondary N) is 1. The highest BCUT2D eigenvalue weighted by Crippen LogP contribution is 2.18. The second kappa shape index (κ2) is 8.33. The number of esters is 1. The van der Waals surface area contributed by atoms with Crippen molar-refractivity contribution in [1.82, 2.24) is 10.2 Å². The summed E-state index contributed by atoms with van der Waals surface area (Å²) in [4.78, 5) is 35.4. The third kappa shape index (κ3) is 4.97. The fourth-order valence-electron chi connectivity index (χ4n) is 2.31. The summed E-state index contributed by atoms with van der Waals surface area (Å²) in [6, 6.07) is 5.52. The Balaban J connectivity index is 1.60. The fourth-order valence-corrected chi connectivity index (χ4v) is 2.31. The van der Waals surface area contributed by atoms with Crippen LogP contribution >= 0.6 is 0 Å². The van der Waals surface area contributed by atoms with Gasteiger partial charge in [-0.05, 0) is 37.5 Å². The topological polar surface area (TPSA) is 84.9 Å². The molecule has 1 aromatic carbocycles.